The zero-order valence-electron chi connectivity index (χ0n) is 12.6. The fourth-order valence-corrected chi connectivity index (χ4v) is 1.88. The van der Waals surface area contributed by atoms with Crippen LogP contribution in [0.25, 0.3) is 0 Å². The summed E-state index contributed by atoms with van der Waals surface area (Å²) in [7, 11) is 1.92. The fourth-order valence-electron chi connectivity index (χ4n) is 1.88. The van der Waals surface area contributed by atoms with E-state index in [0.717, 1.165) is 5.69 Å². The maximum Gasteiger partial charge on any atom is 0.269 e. The first-order valence-electron chi connectivity index (χ1n) is 6.94. The average molecular weight is 309 g/mol. The van der Waals surface area contributed by atoms with Crippen molar-refractivity contribution < 1.29 is 4.92 Å². The number of nitriles is 1. The summed E-state index contributed by atoms with van der Waals surface area (Å²) in [5.74, 6) is 0. The third-order valence-electron chi connectivity index (χ3n) is 3.19. The monoisotopic (exact) mass is 309 g/mol. The van der Waals surface area contributed by atoms with Gasteiger partial charge in [-0.15, -0.1) is 0 Å². The number of non-ortho nitro benzene ring substituents is 1. The molecule has 7 nitrogen and oxygen atoms in total. The van der Waals surface area contributed by atoms with Gasteiger partial charge >= 0.3 is 0 Å². The van der Waals surface area contributed by atoms with Crippen molar-refractivity contribution in [3.05, 3.63) is 58.6 Å². The quantitative estimate of drug-likeness (QED) is 0.450. The molecule has 116 valence electrons. The van der Waals surface area contributed by atoms with Gasteiger partial charge in [-0.05, 0) is 36.4 Å². The van der Waals surface area contributed by atoms with Gasteiger partial charge in [0, 0.05) is 31.4 Å². The Morgan fingerprint density at radius 1 is 1.09 bits per heavy atom. The van der Waals surface area contributed by atoms with E-state index in [-0.39, 0.29) is 5.69 Å². The summed E-state index contributed by atoms with van der Waals surface area (Å²) in [6.45, 7) is 0.667. The van der Waals surface area contributed by atoms with Gasteiger partial charge in [0.05, 0.1) is 28.8 Å². The van der Waals surface area contributed by atoms with Gasteiger partial charge in [-0.25, -0.2) is 0 Å². The highest BCUT2D eigenvalue weighted by atomic mass is 16.6. The minimum atomic E-state index is -0.456. The molecule has 0 aliphatic carbocycles. The SMILES string of the molecule is CN(CCC#N)c1ccc(N=Nc2ccc([N+](=O)[O-])cc2)cc1. The van der Waals surface area contributed by atoms with Gasteiger partial charge in [0.25, 0.3) is 5.69 Å². The van der Waals surface area contributed by atoms with Crippen molar-refractivity contribution in [1.29, 1.82) is 5.26 Å². The standard InChI is InChI=1S/C16H15N5O2/c1-20(12-2-11-17)15-7-3-13(4-8-15)18-19-14-5-9-16(10-6-14)21(22)23/h3-10H,2,12H2,1H3. The van der Waals surface area contributed by atoms with Crippen LogP contribution in [0, 0.1) is 21.4 Å². The number of nitro groups is 1. The van der Waals surface area contributed by atoms with Gasteiger partial charge in [0.1, 0.15) is 0 Å². The van der Waals surface area contributed by atoms with E-state index in [4.69, 9.17) is 5.26 Å². The van der Waals surface area contributed by atoms with Crippen molar-refractivity contribution >= 4 is 22.7 Å². The van der Waals surface area contributed by atoms with E-state index in [9.17, 15) is 10.1 Å². The van der Waals surface area contributed by atoms with Crippen molar-refractivity contribution in [2.45, 2.75) is 6.42 Å². The molecule has 2 aromatic rings. The van der Waals surface area contributed by atoms with Gasteiger partial charge < -0.3 is 4.90 Å². The topological polar surface area (TPSA) is 94.9 Å². The molecule has 7 heteroatoms. The molecule has 0 aromatic heterocycles. The predicted molar refractivity (Wildman–Crippen MR) is 87.2 cm³/mol. The Hall–Kier alpha value is -3.27. The first-order valence-corrected chi connectivity index (χ1v) is 6.94. The van der Waals surface area contributed by atoms with Crippen LogP contribution in [0.1, 0.15) is 6.42 Å². The zero-order chi connectivity index (χ0) is 16.7. The second-order valence-electron chi connectivity index (χ2n) is 4.82. The van der Waals surface area contributed by atoms with E-state index in [1.54, 1.807) is 12.1 Å². The van der Waals surface area contributed by atoms with Crippen LogP contribution in [0.5, 0.6) is 0 Å². The van der Waals surface area contributed by atoms with Crippen LogP contribution in [-0.2, 0) is 0 Å². The fraction of sp³-hybridized carbons (Fsp3) is 0.188. The molecule has 0 aliphatic rings. The predicted octanol–water partition coefficient (Wildman–Crippen LogP) is 4.36. The second-order valence-corrected chi connectivity index (χ2v) is 4.82. The van der Waals surface area contributed by atoms with E-state index in [2.05, 4.69) is 16.3 Å². The summed E-state index contributed by atoms with van der Waals surface area (Å²) in [5, 5.41) is 27.3. The Morgan fingerprint density at radius 2 is 1.61 bits per heavy atom. The van der Waals surface area contributed by atoms with Gasteiger partial charge in [-0.1, -0.05) is 0 Å². The highest BCUT2D eigenvalue weighted by molar-refractivity contribution is 5.52. The average Bonchev–Trinajstić information content (AvgIpc) is 2.58. The number of anilines is 1. The number of hydrogen-bond donors (Lipinski definition) is 0. The summed E-state index contributed by atoms with van der Waals surface area (Å²) in [6.07, 6.45) is 0.470. The minimum absolute atomic E-state index is 0.0220. The largest absolute Gasteiger partial charge is 0.374 e. The van der Waals surface area contributed by atoms with Gasteiger partial charge in [0.15, 0.2) is 0 Å². The Labute approximate surface area is 133 Å². The van der Waals surface area contributed by atoms with Crippen LogP contribution in [0.15, 0.2) is 58.8 Å². The molecule has 0 amide bonds. The van der Waals surface area contributed by atoms with E-state index in [1.165, 1.54) is 12.1 Å². The lowest BCUT2D eigenvalue weighted by molar-refractivity contribution is -0.384. The lowest BCUT2D eigenvalue weighted by atomic mass is 10.2. The number of hydrogen-bond acceptors (Lipinski definition) is 6. The Balaban J connectivity index is 2.02. The van der Waals surface area contributed by atoms with Crippen LogP contribution in [0.2, 0.25) is 0 Å². The molecule has 2 aromatic carbocycles. The molecule has 0 bridgehead atoms. The summed E-state index contributed by atoms with van der Waals surface area (Å²) in [6, 6.07) is 15.4. The normalized spacial score (nSPS) is 10.4. The minimum Gasteiger partial charge on any atom is -0.374 e. The zero-order valence-corrected chi connectivity index (χ0v) is 12.6. The van der Waals surface area contributed by atoms with E-state index >= 15 is 0 Å². The smallest absolute Gasteiger partial charge is 0.269 e. The van der Waals surface area contributed by atoms with Gasteiger partial charge in [-0.2, -0.15) is 15.5 Å². The van der Waals surface area contributed by atoms with Crippen LogP contribution < -0.4 is 4.90 Å². The van der Waals surface area contributed by atoms with E-state index in [1.807, 2.05) is 36.2 Å². The third kappa shape index (κ3) is 4.61. The number of nitrogens with zero attached hydrogens (tertiary/aromatic N) is 5. The maximum atomic E-state index is 10.6. The first kappa shape index (κ1) is 16.1. The molecule has 0 radical (unpaired) electrons. The molecular formula is C16H15N5O2. The van der Waals surface area contributed by atoms with Crippen LogP contribution in [0.3, 0.4) is 0 Å². The lowest BCUT2D eigenvalue weighted by Gasteiger charge is -2.17. The molecule has 0 N–H and O–H groups in total. The van der Waals surface area contributed by atoms with Crippen molar-refractivity contribution in [1.82, 2.24) is 0 Å². The second kappa shape index (κ2) is 7.66. The summed E-state index contributed by atoms with van der Waals surface area (Å²) >= 11 is 0. The highest BCUT2D eigenvalue weighted by Crippen LogP contribution is 2.23. The highest BCUT2D eigenvalue weighted by Gasteiger charge is 2.03. The molecule has 0 spiro atoms. The maximum absolute atomic E-state index is 10.6. The van der Waals surface area contributed by atoms with E-state index < -0.39 is 4.92 Å². The van der Waals surface area contributed by atoms with E-state index in [0.29, 0.717) is 24.3 Å². The molecule has 0 unspecified atom stereocenters. The number of rotatable bonds is 6. The van der Waals surface area contributed by atoms with Crippen LogP contribution >= 0.6 is 0 Å². The molecule has 0 saturated carbocycles. The summed E-state index contributed by atoms with van der Waals surface area (Å²) < 4.78 is 0. The summed E-state index contributed by atoms with van der Waals surface area (Å²) in [5.41, 5.74) is 2.25. The number of azo groups is 1. The van der Waals surface area contributed by atoms with Gasteiger partial charge in [-0.3, -0.25) is 10.1 Å². The molecular weight excluding hydrogens is 294 g/mol. The lowest BCUT2D eigenvalue weighted by Crippen LogP contribution is -2.17. The van der Waals surface area contributed by atoms with Crippen LogP contribution in [-0.4, -0.2) is 18.5 Å². The van der Waals surface area contributed by atoms with Crippen molar-refractivity contribution in [3.8, 4) is 6.07 Å². The van der Waals surface area contributed by atoms with Crippen LogP contribution in [0.4, 0.5) is 22.7 Å². The molecule has 0 aliphatic heterocycles. The Kier molecular flexibility index (Phi) is 5.36. The molecule has 23 heavy (non-hydrogen) atoms. The first-order chi connectivity index (χ1) is 11.1. The number of nitro benzene ring substituents is 1. The van der Waals surface area contributed by atoms with Crippen molar-refractivity contribution in [2.24, 2.45) is 10.2 Å². The molecule has 0 fully saturated rings. The Morgan fingerprint density at radius 3 is 2.09 bits per heavy atom. The van der Waals surface area contributed by atoms with Gasteiger partial charge in [0.2, 0.25) is 0 Å². The van der Waals surface area contributed by atoms with Crippen molar-refractivity contribution in [2.75, 3.05) is 18.5 Å². The molecule has 2 rings (SSSR count). The molecule has 0 saturated heterocycles. The molecule has 0 atom stereocenters. The van der Waals surface area contributed by atoms with Crippen molar-refractivity contribution in [3.63, 3.8) is 0 Å². The summed E-state index contributed by atoms with van der Waals surface area (Å²) in [4.78, 5) is 12.1. The Bertz CT molecular complexity index is 733. The third-order valence-corrected chi connectivity index (χ3v) is 3.19. The molecule has 0 heterocycles. The number of benzene rings is 2.